The Morgan fingerprint density at radius 3 is 2.32 bits per heavy atom. The first-order valence-corrected chi connectivity index (χ1v) is 9.60. The predicted molar refractivity (Wildman–Crippen MR) is 102 cm³/mol. The first kappa shape index (κ1) is 19.2. The molecule has 1 aromatic carbocycles. The molecule has 0 aliphatic carbocycles. The molecule has 0 bridgehead atoms. The van der Waals surface area contributed by atoms with Crippen molar-refractivity contribution in [2.45, 2.75) is 19.8 Å². The molecule has 1 aromatic heterocycles. The molecule has 9 heteroatoms. The van der Waals surface area contributed by atoms with E-state index in [9.17, 15) is 9.59 Å². The van der Waals surface area contributed by atoms with Crippen LogP contribution < -0.4 is 15.4 Å². The van der Waals surface area contributed by atoms with Crippen molar-refractivity contribution in [2.75, 3.05) is 29.2 Å². The van der Waals surface area contributed by atoms with Gasteiger partial charge in [-0.3, -0.25) is 14.9 Å². The molecule has 0 saturated carbocycles. The van der Waals surface area contributed by atoms with Crippen molar-refractivity contribution in [2.24, 2.45) is 0 Å². The fourth-order valence-corrected chi connectivity index (χ4v) is 3.16. The molecule has 1 heterocycles. The largest absolute Gasteiger partial charge is 0.497 e. The van der Waals surface area contributed by atoms with Gasteiger partial charge in [-0.05, 0) is 24.3 Å². The van der Waals surface area contributed by atoms with E-state index in [4.69, 9.17) is 4.74 Å². The number of amides is 2. The van der Waals surface area contributed by atoms with Crippen LogP contribution in [-0.4, -0.2) is 40.6 Å². The number of anilines is 2. The van der Waals surface area contributed by atoms with Gasteiger partial charge in [-0.15, -0.1) is 22.0 Å². The summed E-state index contributed by atoms with van der Waals surface area (Å²) in [5.74, 6) is 0.995. The summed E-state index contributed by atoms with van der Waals surface area (Å²) in [6.07, 6.45) is 0. The second kappa shape index (κ2) is 9.38. The number of carbonyl (C=O) groups is 2. The van der Waals surface area contributed by atoms with Gasteiger partial charge in [0.05, 0.1) is 18.6 Å². The Labute approximate surface area is 154 Å². The average Bonchev–Trinajstić information content (AvgIpc) is 3.04. The fourth-order valence-electron chi connectivity index (χ4n) is 1.78. The van der Waals surface area contributed by atoms with Gasteiger partial charge in [-0.25, -0.2) is 0 Å². The Morgan fingerprint density at radius 2 is 1.76 bits per heavy atom. The highest BCUT2D eigenvalue weighted by atomic mass is 32.2. The first-order chi connectivity index (χ1) is 12.0. The van der Waals surface area contributed by atoms with Crippen molar-refractivity contribution in [3.8, 4) is 5.75 Å². The summed E-state index contributed by atoms with van der Waals surface area (Å²) in [6, 6.07) is 7.05. The lowest BCUT2D eigenvalue weighted by Gasteiger charge is -2.06. The molecule has 0 fully saturated rings. The summed E-state index contributed by atoms with van der Waals surface area (Å²) in [4.78, 5) is 23.7. The monoisotopic (exact) mass is 380 g/mol. The number of methoxy groups -OCH3 is 1. The van der Waals surface area contributed by atoms with Gasteiger partial charge in [0, 0.05) is 11.6 Å². The summed E-state index contributed by atoms with van der Waals surface area (Å²) in [5, 5.41) is 14.8. The maximum atomic E-state index is 11.9. The maximum Gasteiger partial charge on any atom is 0.236 e. The van der Waals surface area contributed by atoms with Crippen LogP contribution in [0.3, 0.4) is 0 Å². The summed E-state index contributed by atoms with van der Waals surface area (Å²) in [7, 11) is 1.58. The summed E-state index contributed by atoms with van der Waals surface area (Å²) in [6.45, 7) is 4.03. The fraction of sp³-hybridized carbons (Fsp3) is 0.375. The number of nitrogens with one attached hydrogen (secondary N) is 2. The molecular weight excluding hydrogens is 360 g/mol. The van der Waals surface area contributed by atoms with E-state index in [-0.39, 0.29) is 29.2 Å². The molecule has 2 rings (SSSR count). The van der Waals surface area contributed by atoms with E-state index in [0.717, 1.165) is 10.8 Å². The van der Waals surface area contributed by atoms with Crippen LogP contribution in [0.1, 0.15) is 24.8 Å². The van der Waals surface area contributed by atoms with Gasteiger partial charge in [0.2, 0.25) is 16.9 Å². The van der Waals surface area contributed by atoms with Crippen LogP contribution in [0, 0.1) is 0 Å². The summed E-state index contributed by atoms with van der Waals surface area (Å²) >= 11 is 2.60. The third-order valence-electron chi connectivity index (χ3n) is 3.02. The van der Waals surface area contributed by atoms with E-state index in [1.807, 2.05) is 13.8 Å². The van der Waals surface area contributed by atoms with E-state index < -0.39 is 0 Å². The smallest absolute Gasteiger partial charge is 0.236 e. The third kappa shape index (κ3) is 6.35. The third-order valence-corrected chi connectivity index (χ3v) is 5.09. The maximum absolute atomic E-state index is 11.9. The van der Waals surface area contributed by atoms with E-state index in [1.54, 1.807) is 31.4 Å². The minimum atomic E-state index is -0.200. The van der Waals surface area contributed by atoms with Crippen LogP contribution >= 0.6 is 23.1 Å². The van der Waals surface area contributed by atoms with Crippen LogP contribution in [0.2, 0.25) is 0 Å². The standard InChI is InChI=1S/C16H20N4O3S2/c1-10(2)15-19-20-16(25-15)18-14(22)9-24-8-13(21)17-11-4-6-12(23-3)7-5-11/h4-7,10H,8-9H2,1-3H3,(H,17,21)(H,18,20,22). The van der Waals surface area contributed by atoms with Gasteiger partial charge >= 0.3 is 0 Å². The van der Waals surface area contributed by atoms with Crippen molar-refractivity contribution in [3.63, 3.8) is 0 Å². The topological polar surface area (TPSA) is 93.2 Å². The number of carbonyl (C=O) groups excluding carboxylic acids is 2. The van der Waals surface area contributed by atoms with E-state index >= 15 is 0 Å². The number of nitrogens with zero attached hydrogens (tertiary/aromatic N) is 2. The van der Waals surface area contributed by atoms with Crippen molar-refractivity contribution in [1.29, 1.82) is 0 Å². The number of ether oxygens (including phenoxy) is 1. The molecule has 25 heavy (non-hydrogen) atoms. The molecular formula is C16H20N4O3S2. The van der Waals surface area contributed by atoms with Crippen molar-refractivity contribution >= 4 is 45.7 Å². The predicted octanol–water partition coefficient (Wildman–Crippen LogP) is 2.98. The van der Waals surface area contributed by atoms with E-state index in [0.29, 0.717) is 10.8 Å². The molecule has 2 amide bonds. The van der Waals surface area contributed by atoms with Gasteiger partial charge in [-0.1, -0.05) is 25.2 Å². The molecule has 7 nitrogen and oxygen atoms in total. The number of rotatable bonds is 8. The number of benzene rings is 1. The number of hydrogen-bond acceptors (Lipinski definition) is 7. The summed E-state index contributed by atoms with van der Waals surface area (Å²) in [5.41, 5.74) is 0.686. The van der Waals surface area contributed by atoms with Crippen LogP contribution in [0.5, 0.6) is 5.75 Å². The van der Waals surface area contributed by atoms with Crippen LogP contribution in [0.25, 0.3) is 0 Å². The highest BCUT2D eigenvalue weighted by Gasteiger charge is 2.11. The molecule has 0 spiro atoms. The van der Waals surface area contributed by atoms with Gasteiger partial charge in [0.15, 0.2) is 0 Å². The Balaban J connectivity index is 1.69. The molecule has 0 radical (unpaired) electrons. The van der Waals surface area contributed by atoms with E-state index in [2.05, 4.69) is 20.8 Å². The van der Waals surface area contributed by atoms with Crippen molar-refractivity contribution in [1.82, 2.24) is 10.2 Å². The van der Waals surface area contributed by atoms with Gasteiger partial charge in [0.1, 0.15) is 10.8 Å². The minimum absolute atomic E-state index is 0.166. The lowest BCUT2D eigenvalue weighted by molar-refractivity contribution is -0.114. The molecule has 0 aliphatic rings. The Kier molecular flexibility index (Phi) is 7.20. The molecule has 0 atom stereocenters. The number of thioether (sulfide) groups is 1. The van der Waals surface area contributed by atoms with Gasteiger partial charge in [0.25, 0.3) is 0 Å². The van der Waals surface area contributed by atoms with Crippen LogP contribution in [-0.2, 0) is 9.59 Å². The second-order valence-corrected chi connectivity index (χ2v) is 7.41. The van der Waals surface area contributed by atoms with Crippen molar-refractivity contribution in [3.05, 3.63) is 29.3 Å². The first-order valence-electron chi connectivity index (χ1n) is 7.63. The highest BCUT2D eigenvalue weighted by Crippen LogP contribution is 2.22. The van der Waals surface area contributed by atoms with E-state index in [1.165, 1.54) is 23.1 Å². The lowest BCUT2D eigenvalue weighted by Crippen LogP contribution is -2.18. The van der Waals surface area contributed by atoms with Crippen LogP contribution in [0.15, 0.2) is 24.3 Å². The SMILES string of the molecule is COc1ccc(NC(=O)CSCC(=O)Nc2nnc(C(C)C)s2)cc1. The quantitative estimate of drug-likeness (QED) is 0.731. The van der Waals surface area contributed by atoms with Crippen molar-refractivity contribution < 1.29 is 14.3 Å². The normalized spacial score (nSPS) is 10.6. The van der Waals surface area contributed by atoms with Crippen LogP contribution in [0.4, 0.5) is 10.8 Å². The van der Waals surface area contributed by atoms with Gasteiger partial charge < -0.3 is 10.1 Å². The molecule has 2 aromatic rings. The number of aromatic nitrogens is 2. The molecule has 134 valence electrons. The average molecular weight is 380 g/mol. The Hall–Kier alpha value is -2.13. The number of hydrogen-bond donors (Lipinski definition) is 2. The zero-order valence-corrected chi connectivity index (χ0v) is 15.9. The minimum Gasteiger partial charge on any atom is -0.497 e. The zero-order valence-electron chi connectivity index (χ0n) is 14.2. The Morgan fingerprint density at radius 1 is 1.12 bits per heavy atom. The molecule has 0 saturated heterocycles. The zero-order chi connectivity index (χ0) is 18.2. The molecule has 0 aliphatic heterocycles. The summed E-state index contributed by atoms with van der Waals surface area (Å²) < 4.78 is 5.06. The lowest BCUT2D eigenvalue weighted by atomic mass is 10.2. The Bertz CT molecular complexity index is 716. The van der Waals surface area contributed by atoms with Gasteiger partial charge in [-0.2, -0.15) is 0 Å². The highest BCUT2D eigenvalue weighted by molar-refractivity contribution is 8.00. The molecule has 2 N–H and O–H groups in total. The molecule has 0 unspecified atom stereocenters. The second-order valence-electron chi connectivity index (χ2n) is 5.42.